The lowest BCUT2D eigenvalue weighted by atomic mass is 10.1. The molecule has 0 aliphatic carbocycles. The Morgan fingerprint density at radius 2 is 2.15 bits per heavy atom. The number of rotatable bonds is 10. The van der Waals surface area contributed by atoms with Crippen molar-refractivity contribution >= 4 is 5.82 Å². The zero-order valence-electron chi connectivity index (χ0n) is 14.6. The quantitative estimate of drug-likeness (QED) is 0.183. The Labute approximate surface area is 150 Å². The minimum absolute atomic E-state index is 0.0415. The largest absolute Gasteiger partial charge is 0.394 e. The minimum atomic E-state index is -1.36. The fraction of sp³-hybridized carbons (Fsp3) is 0.733. The van der Waals surface area contributed by atoms with Crippen LogP contribution in [0.2, 0.25) is 0 Å². The van der Waals surface area contributed by atoms with Gasteiger partial charge in [0, 0.05) is 19.3 Å². The maximum Gasteiger partial charge on any atom is 0.351 e. The van der Waals surface area contributed by atoms with Gasteiger partial charge in [0.1, 0.15) is 24.1 Å². The van der Waals surface area contributed by atoms with Gasteiger partial charge < -0.3 is 35.3 Å². The fourth-order valence-electron chi connectivity index (χ4n) is 2.48. The molecular formula is C15H26N4O7. The summed E-state index contributed by atoms with van der Waals surface area (Å²) in [6, 6.07) is 1.47. The van der Waals surface area contributed by atoms with Gasteiger partial charge >= 0.3 is 5.69 Å². The molecule has 11 heteroatoms. The predicted molar refractivity (Wildman–Crippen MR) is 89.6 cm³/mol. The van der Waals surface area contributed by atoms with Gasteiger partial charge in [-0.2, -0.15) is 10.0 Å². The van der Waals surface area contributed by atoms with Crippen LogP contribution in [0.4, 0.5) is 5.82 Å². The van der Waals surface area contributed by atoms with Gasteiger partial charge in [-0.15, -0.1) is 0 Å². The minimum Gasteiger partial charge on any atom is -0.394 e. The van der Waals surface area contributed by atoms with Crippen LogP contribution in [-0.2, 0) is 9.47 Å². The first-order valence-electron chi connectivity index (χ1n) is 8.45. The van der Waals surface area contributed by atoms with Crippen molar-refractivity contribution in [1.82, 2.24) is 14.6 Å². The smallest absolute Gasteiger partial charge is 0.351 e. The van der Waals surface area contributed by atoms with Crippen molar-refractivity contribution in [2.75, 3.05) is 38.4 Å². The van der Waals surface area contributed by atoms with Crippen LogP contribution in [-0.4, -0.2) is 86.5 Å². The van der Waals surface area contributed by atoms with E-state index in [1.54, 1.807) is 0 Å². The lowest BCUT2D eigenvalue weighted by Crippen LogP contribution is -2.36. The van der Waals surface area contributed by atoms with Gasteiger partial charge in [0.2, 0.25) is 0 Å². The third-order valence-corrected chi connectivity index (χ3v) is 3.91. The maximum atomic E-state index is 12.1. The molecule has 2 heterocycles. The summed E-state index contributed by atoms with van der Waals surface area (Å²) >= 11 is 0. The van der Waals surface area contributed by atoms with Gasteiger partial charge in [0.15, 0.2) is 6.23 Å². The number of ether oxygens (including phenoxy) is 2. The van der Waals surface area contributed by atoms with E-state index < -0.39 is 36.8 Å². The average Bonchev–Trinajstić information content (AvgIpc) is 2.92. The van der Waals surface area contributed by atoms with Crippen LogP contribution < -0.4 is 11.0 Å². The average molecular weight is 374 g/mol. The molecule has 11 nitrogen and oxygen atoms in total. The molecule has 0 aromatic carbocycles. The molecular weight excluding hydrogens is 348 g/mol. The number of aromatic nitrogens is 2. The Morgan fingerprint density at radius 3 is 2.77 bits per heavy atom. The second-order valence-electron chi connectivity index (χ2n) is 5.91. The van der Waals surface area contributed by atoms with E-state index in [-0.39, 0.29) is 12.5 Å². The van der Waals surface area contributed by atoms with E-state index in [4.69, 9.17) is 14.6 Å². The summed E-state index contributed by atoms with van der Waals surface area (Å²) in [6.45, 7) is 2.86. The summed E-state index contributed by atoms with van der Waals surface area (Å²) in [5, 5.41) is 42.3. The van der Waals surface area contributed by atoms with Gasteiger partial charge in [0.25, 0.3) is 0 Å². The van der Waals surface area contributed by atoms with E-state index in [1.165, 1.54) is 12.3 Å². The molecule has 0 radical (unpaired) electrons. The molecule has 1 aliphatic rings. The molecule has 2 rings (SSSR count). The topological polar surface area (TPSA) is 150 Å². The lowest BCUT2D eigenvalue weighted by molar-refractivity contribution is -0.0979. The van der Waals surface area contributed by atoms with Crippen molar-refractivity contribution in [1.29, 1.82) is 0 Å². The van der Waals surface area contributed by atoms with Crippen molar-refractivity contribution in [3.05, 3.63) is 22.7 Å². The molecule has 1 unspecified atom stereocenters. The SMILES string of the molecule is CCCOCCN(O)CNc1ccn([C@@H]2O[C@H](CO)C(O)[C@H]2O)c(=O)n1. The van der Waals surface area contributed by atoms with Gasteiger partial charge in [-0.3, -0.25) is 4.57 Å². The number of hydroxylamine groups is 2. The summed E-state index contributed by atoms with van der Waals surface area (Å²) in [7, 11) is 0. The molecule has 0 amide bonds. The zero-order valence-corrected chi connectivity index (χ0v) is 14.6. The number of aliphatic hydroxyl groups is 3. The van der Waals surface area contributed by atoms with Crippen LogP contribution in [0.5, 0.6) is 0 Å². The molecule has 148 valence electrons. The van der Waals surface area contributed by atoms with Gasteiger partial charge in [0.05, 0.1) is 19.9 Å². The van der Waals surface area contributed by atoms with E-state index in [0.717, 1.165) is 16.1 Å². The molecule has 0 bridgehead atoms. The first-order chi connectivity index (χ1) is 12.5. The molecule has 1 aliphatic heterocycles. The van der Waals surface area contributed by atoms with E-state index >= 15 is 0 Å². The molecule has 0 saturated carbocycles. The number of nitrogens with zero attached hydrogens (tertiary/aromatic N) is 3. The molecule has 1 aromatic heterocycles. The Kier molecular flexibility index (Phi) is 7.90. The summed E-state index contributed by atoms with van der Waals surface area (Å²) in [5.74, 6) is 0.228. The van der Waals surface area contributed by atoms with E-state index in [0.29, 0.717) is 19.8 Å². The maximum absolute atomic E-state index is 12.1. The van der Waals surface area contributed by atoms with Crippen molar-refractivity contribution in [2.24, 2.45) is 0 Å². The Hall–Kier alpha value is -1.60. The molecule has 0 spiro atoms. The number of aliphatic hydroxyl groups excluding tert-OH is 3. The van der Waals surface area contributed by atoms with Crippen molar-refractivity contribution in [3.63, 3.8) is 0 Å². The third-order valence-electron chi connectivity index (χ3n) is 3.91. The van der Waals surface area contributed by atoms with Gasteiger partial charge in [-0.05, 0) is 12.5 Å². The predicted octanol–water partition coefficient (Wildman–Crippen LogP) is -1.66. The Bertz CT molecular complexity index is 614. The van der Waals surface area contributed by atoms with Crippen LogP contribution in [0.15, 0.2) is 17.1 Å². The normalized spacial score (nSPS) is 25.8. The molecule has 4 atom stereocenters. The fourth-order valence-corrected chi connectivity index (χ4v) is 2.48. The van der Waals surface area contributed by atoms with Crippen LogP contribution in [0.25, 0.3) is 0 Å². The lowest BCUT2D eigenvalue weighted by Gasteiger charge is -2.18. The Balaban J connectivity index is 1.90. The van der Waals surface area contributed by atoms with Gasteiger partial charge in [-0.25, -0.2) is 4.79 Å². The van der Waals surface area contributed by atoms with Crippen molar-refractivity contribution < 1.29 is 30.0 Å². The van der Waals surface area contributed by atoms with Crippen molar-refractivity contribution in [3.8, 4) is 0 Å². The number of hydrogen-bond donors (Lipinski definition) is 5. The number of hydrogen-bond acceptors (Lipinski definition) is 10. The molecule has 26 heavy (non-hydrogen) atoms. The molecule has 1 saturated heterocycles. The van der Waals surface area contributed by atoms with E-state index in [9.17, 15) is 20.2 Å². The van der Waals surface area contributed by atoms with Crippen LogP contribution in [0.1, 0.15) is 19.6 Å². The van der Waals surface area contributed by atoms with Crippen LogP contribution in [0.3, 0.4) is 0 Å². The first-order valence-corrected chi connectivity index (χ1v) is 8.45. The highest BCUT2D eigenvalue weighted by molar-refractivity contribution is 5.31. The van der Waals surface area contributed by atoms with Crippen LogP contribution in [0, 0.1) is 0 Å². The van der Waals surface area contributed by atoms with Crippen LogP contribution >= 0.6 is 0 Å². The van der Waals surface area contributed by atoms with Gasteiger partial charge in [-0.1, -0.05) is 6.92 Å². The van der Waals surface area contributed by atoms with E-state index in [1.807, 2.05) is 6.92 Å². The molecule has 1 fully saturated rings. The second kappa shape index (κ2) is 9.92. The molecule has 1 aromatic rings. The van der Waals surface area contributed by atoms with E-state index in [2.05, 4.69) is 10.3 Å². The summed E-state index contributed by atoms with van der Waals surface area (Å²) in [5.41, 5.74) is -0.708. The summed E-state index contributed by atoms with van der Waals surface area (Å²) < 4.78 is 11.6. The highest BCUT2D eigenvalue weighted by Crippen LogP contribution is 2.28. The monoisotopic (exact) mass is 374 g/mol. The standard InChI is InChI=1S/C15H26N4O7/c1-2-6-25-7-5-18(24)9-16-11-3-4-19(15(23)17-11)14-13(22)12(21)10(8-20)26-14/h3-4,10,12-14,20-22,24H,2,5-9H2,1H3,(H,16,17,23)/t10-,12?,13-,14-/m1/s1. The first kappa shape index (κ1) is 20.7. The summed E-state index contributed by atoms with van der Waals surface area (Å²) in [6.07, 6.45) is -2.52. The van der Waals surface area contributed by atoms with Crippen molar-refractivity contribution in [2.45, 2.75) is 37.9 Å². The summed E-state index contributed by atoms with van der Waals surface area (Å²) in [4.78, 5) is 15.9. The zero-order chi connectivity index (χ0) is 19.1. The molecule has 5 N–H and O–H groups in total. The number of anilines is 1. The number of nitrogens with one attached hydrogen (secondary N) is 1. The third kappa shape index (κ3) is 5.20. The highest BCUT2D eigenvalue weighted by Gasteiger charge is 2.43. The Morgan fingerprint density at radius 1 is 1.38 bits per heavy atom. The highest BCUT2D eigenvalue weighted by atomic mass is 16.6. The second-order valence-corrected chi connectivity index (χ2v) is 5.91.